The summed E-state index contributed by atoms with van der Waals surface area (Å²) in [5.41, 5.74) is 2.71. The molecule has 3 aliphatic heterocycles. The van der Waals surface area contributed by atoms with Crippen LogP contribution >= 0.6 is 23.2 Å². The predicted octanol–water partition coefficient (Wildman–Crippen LogP) is 5.67. The Morgan fingerprint density at radius 1 is 0.827 bits per heavy atom. The fourth-order valence-corrected chi connectivity index (χ4v) is 7.41. The van der Waals surface area contributed by atoms with Crippen molar-refractivity contribution in [1.29, 1.82) is 0 Å². The number of halogens is 2. The fourth-order valence-electron chi connectivity index (χ4n) is 6.86. The minimum Gasteiger partial charge on any atom is -0.487 e. The molecule has 2 atom stereocenters. The van der Waals surface area contributed by atoms with Gasteiger partial charge in [0, 0.05) is 107 Å². The van der Waals surface area contributed by atoms with Crippen LogP contribution in [0.1, 0.15) is 19.4 Å². The van der Waals surface area contributed by atoms with Gasteiger partial charge >= 0.3 is 0 Å². The number of piperazine rings is 2. The molecular formula is C38H42Cl2N6O6. The number of aromatic nitrogens is 2. The SMILES string of the molecule is CC(=O)N1CCN(c2ccc(Oc3cc(N4CCN(C(C)=O)CC4)ccc3OC[C@@H]3CO[C@](Cn4ccnc4)(c4ccc(Cl)cc4Cl)O3)cc2)CC1. The highest BCUT2D eigenvalue weighted by molar-refractivity contribution is 6.35. The lowest BCUT2D eigenvalue weighted by Crippen LogP contribution is -2.48. The Balaban J connectivity index is 1.08. The first-order valence-electron chi connectivity index (χ1n) is 17.4. The van der Waals surface area contributed by atoms with E-state index < -0.39 is 11.9 Å². The van der Waals surface area contributed by atoms with E-state index in [0.29, 0.717) is 78.7 Å². The van der Waals surface area contributed by atoms with Crippen LogP contribution < -0.4 is 19.3 Å². The molecule has 3 fully saturated rings. The van der Waals surface area contributed by atoms with E-state index in [1.807, 2.05) is 69.1 Å². The number of carbonyl (C=O) groups excluding carboxylic acids is 2. The monoisotopic (exact) mass is 748 g/mol. The van der Waals surface area contributed by atoms with Crippen molar-refractivity contribution in [1.82, 2.24) is 19.4 Å². The van der Waals surface area contributed by atoms with Crippen LogP contribution in [0.3, 0.4) is 0 Å². The van der Waals surface area contributed by atoms with Crippen LogP contribution in [-0.2, 0) is 31.4 Å². The smallest absolute Gasteiger partial charge is 0.219 e. The van der Waals surface area contributed by atoms with E-state index in [0.717, 1.165) is 24.5 Å². The Morgan fingerprint density at radius 2 is 1.48 bits per heavy atom. The maximum atomic E-state index is 11.9. The first-order valence-corrected chi connectivity index (χ1v) is 18.2. The van der Waals surface area contributed by atoms with Gasteiger partial charge in [0.25, 0.3) is 0 Å². The first-order chi connectivity index (χ1) is 25.2. The van der Waals surface area contributed by atoms with E-state index in [1.54, 1.807) is 38.5 Å². The summed E-state index contributed by atoms with van der Waals surface area (Å²) >= 11 is 12.9. The number of hydrogen-bond donors (Lipinski definition) is 0. The molecule has 1 aromatic heterocycles. The molecule has 2 amide bonds. The Kier molecular flexibility index (Phi) is 10.8. The van der Waals surface area contributed by atoms with Gasteiger partial charge in [0.2, 0.25) is 17.6 Å². The van der Waals surface area contributed by atoms with Crippen molar-refractivity contribution < 1.29 is 28.5 Å². The molecule has 0 spiro atoms. The van der Waals surface area contributed by atoms with Crippen LogP contribution in [0.2, 0.25) is 10.0 Å². The van der Waals surface area contributed by atoms with Crippen molar-refractivity contribution in [2.45, 2.75) is 32.3 Å². The molecule has 0 bridgehead atoms. The van der Waals surface area contributed by atoms with Crippen LogP contribution in [0.5, 0.6) is 17.2 Å². The molecule has 0 radical (unpaired) electrons. The van der Waals surface area contributed by atoms with Crippen molar-refractivity contribution >= 4 is 46.4 Å². The van der Waals surface area contributed by atoms with Crippen LogP contribution in [0.25, 0.3) is 0 Å². The van der Waals surface area contributed by atoms with E-state index in [-0.39, 0.29) is 25.0 Å². The number of ether oxygens (including phenoxy) is 4. The molecule has 0 unspecified atom stereocenters. The number of nitrogens with zero attached hydrogens (tertiary/aromatic N) is 6. The summed E-state index contributed by atoms with van der Waals surface area (Å²) in [6.07, 6.45) is 4.82. The van der Waals surface area contributed by atoms with Crippen LogP contribution in [0.4, 0.5) is 11.4 Å². The molecule has 0 aliphatic carbocycles. The second-order valence-electron chi connectivity index (χ2n) is 13.2. The highest BCUT2D eigenvalue weighted by Crippen LogP contribution is 2.42. The summed E-state index contributed by atoms with van der Waals surface area (Å²) in [6.45, 7) is 9.70. The third-order valence-electron chi connectivity index (χ3n) is 9.75. The lowest BCUT2D eigenvalue weighted by atomic mass is 10.1. The van der Waals surface area contributed by atoms with Gasteiger partial charge in [-0.05, 0) is 48.5 Å². The molecule has 274 valence electrons. The zero-order valence-corrected chi connectivity index (χ0v) is 30.8. The quantitative estimate of drug-likeness (QED) is 0.203. The summed E-state index contributed by atoms with van der Waals surface area (Å²) in [5, 5.41) is 0.956. The first kappa shape index (κ1) is 35.9. The van der Waals surface area contributed by atoms with Crippen molar-refractivity contribution in [3.8, 4) is 17.2 Å². The lowest BCUT2D eigenvalue weighted by molar-refractivity contribution is -0.189. The maximum Gasteiger partial charge on any atom is 0.219 e. The Bertz CT molecular complexity index is 1860. The van der Waals surface area contributed by atoms with Gasteiger partial charge in [0.1, 0.15) is 18.5 Å². The van der Waals surface area contributed by atoms with Crippen molar-refractivity contribution in [3.63, 3.8) is 0 Å². The van der Waals surface area contributed by atoms with E-state index >= 15 is 0 Å². The van der Waals surface area contributed by atoms with Gasteiger partial charge in [-0.3, -0.25) is 9.59 Å². The van der Waals surface area contributed by atoms with E-state index in [4.69, 9.17) is 42.1 Å². The van der Waals surface area contributed by atoms with E-state index in [2.05, 4.69) is 14.8 Å². The predicted molar refractivity (Wildman–Crippen MR) is 199 cm³/mol. The zero-order valence-electron chi connectivity index (χ0n) is 29.2. The van der Waals surface area contributed by atoms with Crippen LogP contribution in [0, 0.1) is 0 Å². The topological polar surface area (TPSA) is 102 Å². The number of imidazole rings is 1. The number of hydrogen-bond acceptors (Lipinski definition) is 9. The summed E-state index contributed by atoms with van der Waals surface area (Å²) < 4.78 is 27.8. The van der Waals surface area contributed by atoms with Gasteiger partial charge in [-0.15, -0.1) is 0 Å². The van der Waals surface area contributed by atoms with Gasteiger partial charge in [-0.1, -0.05) is 29.3 Å². The molecule has 12 nitrogen and oxygen atoms in total. The van der Waals surface area contributed by atoms with Gasteiger partial charge in [-0.2, -0.15) is 0 Å². The summed E-state index contributed by atoms with van der Waals surface area (Å²) in [5.74, 6) is 0.779. The molecule has 14 heteroatoms. The third-order valence-corrected chi connectivity index (χ3v) is 10.3. The second kappa shape index (κ2) is 15.6. The number of benzene rings is 3. The minimum atomic E-state index is -1.18. The molecule has 3 aromatic carbocycles. The number of anilines is 2. The van der Waals surface area contributed by atoms with E-state index in [9.17, 15) is 9.59 Å². The average Bonchev–Trinajstić information content (AvgIpc) is 3.82. The normalized spacial score (nSPS) is 20.7. The van der Waals surface area contributed by atoms with Crippen molar-refractivity contribution in [3.05, 3.63) is 95.0 Å². The molecule has 7 rings (SSSR count). The highest BCUT2D eigenvalue weighted by Gasteiger charge is 2.45. The van der Waals surface area contributed by atoms with Gasteiger partial charge in [0.15, 0.2) is 11.5 Å². The highest BCUT2D eigenvalue weighted by atomic mass is 35.5. The summed E-state index contributed by atoms with van der Waals surface area (Å²) in [4.78, 5) is 36.1. The van der Waals surface area contributed by atoms with Gasteiger partial charge in [0.05, 0.1) is 24.5 Å². The summed E-state index contributed by atoms with van der Waals surface area (Å²) in [6, 6.07) is 19.1. The molecule has 4 heterocycles. The van der Waals surface area contributed by atoms with Crippen molar-refractivity contribution in [2.75, 3.05) is 75.4 Å². The fraction of sp³-hybridized carbons (Fsp3) is 0.395. The van der Waals surface area contributed by atoms with Gasteiger partial charge < -0.3 is 43.1 Å². The standard InChI is InChI=1S/C38H42Cl2N6O6/c1-27(47)43-13-17-45(18-14-43)30-4-7-32(8-5-30)51-37-22-31(46-19-15-44(16-20-46)28(2)48)6-10-36(37)49-23-33-24-50-38(52-33,25-42-12-11-41-26-42)34-9-3-29(39)21-35(34)40/h3-12,21-22,26,33H,13-20,23-25H2,1-2H3/t33-,38+/m1/s1. The molecule has 0 saturated carbocycles. The largest absolute Gasteiger partial charge is 0.487 e. The number of amides is 2. The van der Waals surface area contributed by atoms with Crippen LogP contribution in [0.15, 0.2) is 79.4 Å². The molecular weight excluding hydrogens is 707 g/mol. The minimum absolute atomic E-state index is 0.0853. The van der Waals surface area contributed by atoms with Crippen LogP contribution in [-0.4, -0.2) is 103 Å². The second-order valence-corrected chi connectivity index (χ2v) is 14.0. The Labute approximate surface area is 313 Å². The molecule has 4 aromatic rings. The Morgan fingerprint density at radius 3 is 2.10 bits per heavy atom. The van der Waals surface area contributed by atoms with Crippen molar-refractivity contribution in [2.24, 2.45) is 0 Å². The molecule has 3 aliphatic rings. The zero-order chi connectivity index (χ0) is 36.2. The molecule has 3 saturated heterocycles. The Hall–Kier alpha value is -4.49. The average molecular weight is 750 g/mol. The maximum absolute atomic E-state index is 11.9. The third kappa shape index (κ3) is 8.10. The number of carbonyl (C=O) groups is 2. The van der Waals surface area contributed by atoms with Gasteiger partial charge in [-0.25, -0.2) is 4.98 Å². The number of rotatable bonds is 10. The van der Waals surface area contributed by atoms with E-state index in [1.165, 1.54) is 0 Å². The lowest BCUT2D eigenvalue weighted by Gasteiger charge is -2.36. The summed E-state index contributed by atoms with van der Waals surface area (Å²) in [7, 11) is 0. The molecule has 0 N–H and O–H groups in total. The molecule has 52 heavy (non-hydrogen) atoms.